The van der Waals surface area contributed by atoms with Crippen LogP contribution in [-0.2, 0) is 26.5 Å². The molecule has 0 atom stereocenters. The Kier molecular flexibility index (Phi) is 14.0. The van der Waals surface area contributed by atoms with Gasteiger partial charge < -0.3 is 4.57 Å². The molecule has 0 saturated carbocycles. The minimum absolute atomic E-state index is 0. The molecule has 0 aliphatic rings. The summed E-state index contributed by atoms with van der Waals surface area (Å²) in [6.07, 6.45) is 3.17. The maximum Gasteiger partial charge on any atom is 0.0774 e. The Morgan fingerprint density at radius 1 is 0.746 bits per heavy atom. The summed E-state index contributed by atoms with van der Waals surface area (Å²) in [6.45, 7) is 13.7. The maximum atomic E-state index is 8.89. The van der Waals surface area contributed by atoms with Crippen molar-refractivity contribution in [1.29, 1.82) is 5.26 Å². The van der Waals surface area contributed by atoms with Crippen LogP contribution >= 0.6 is 11.3 Å². The first-order chi connectivity index (χ1) is 29.8. The number of aromatic nitrogens is 3. The third-order valence-electron chi connectivity index (χ3n) is 11.5. The predicted octanol–water partition coefficient (Wildman–Crippen LogP) is 14.9. The molecule has 1 radical (unpaired) electrons. The Hall–Kier alpha value is -5.16. The molecule has 4 nitrogen and oxygen atoms in total. The van der Waals surface area contributed by atoms with Crippen LogP contribution in [0.5, 0.6) is 0 Å². The molecule has 3 heterocycles. The molecule has 0 aliphatic heterocycles. The molecule has 63 heavy (non-hydrogen) atoms. The van der Waals surface area contributed by atoms with E-state index in [0.29, 0.717) is 23.3 Å². The van der Waals surface area contributed by atoms with Gasteiger partial charge in [0.15, 0.2) is 0 Å². The number of thiophene rings is 1. The van der Waals surface area contributed by atoms with Gasteiger partial charge >= 0.3 is 136 Å². The first kappa shape index (κ1) is 45.9. The molecule has 9 aromatic rings. The van der Waals surface area contributed by atoms with Gasteiger partial charge in [0.2, 0.25) is 0 Å². The Labute approximate surface area is 393 Å². The maximum absolute atomic E-state index is 8.89. The summed E-state index contributed by atoms with van der Waals surface area (Å²) in [5.74, 6) is 9.47. The topological polar surface area (TPSA) is 54.5 Å². The number of hydrogen-bond donors (Lipinski definition) is 0. The summed E-state index contributed by atoms with van der Waals surface area (Å²) in [5.41, 5.74) is 13.6. The van der Waals surface area contributed by atoms with E-state index >= 15 is 0 Å². The van der Waals surface area contributed by atoms with Gasteiger partial charge in [0.1, 0.15) is 0 Å². The molecular formula is C56H54GeIrN4S-2. The van der Waals surface area contributed by atoms with E-state index in [4.69, 9.17) is 10.2 Å². The van der Waals surface area contributed by atoms with Gasteiger partial charge in [-0.1, -0.05) is 99.3 Å². The van der Waals surface area contributed by atoms with Gasteiger partial charge in [-0.15, -0.1) is 18.2 Å². The van der Waals surface area contributed by atoms with E-state index in [1.165, 1.54) is 58.1 Å². The standard InChI is InChI=1S/C37H31N2S.C19H23GeN2.Ir/c1-23(2)30-21-26(25-13-6-5-7-14-25)22-31(24(3)4)35(30)39-33-19-10-9-18-32(33)38-37(39)29-17-12-16-28-27-15-8-11-20-34(27)40-36(28)29;1-14(2)10-17-11-19(22-13-18(17)20(3,4)5)16-8-6-15(12-21)7-9-16;/h5-16,18-24H,1-4H3;6-8,11,13-14H,10H2,1-5H3;/q2*-1;. The van der Waals surface area contributed by atoms with E-state index in [-0.39, 0.29) is 20.1 Å². The van der Waals surface area contributed by atoms with Crippen LogP contribution in [0.3, 0.4) is 0 Å². The molecule has 0 amide bonds. The second-order valence-corrected chi connectivity index (χ2v) is 29.9. The molecule has 9 rings (SSSR count). The average molecular weight is 1080 g/mol. The van der Waals surface area contributed by atoms with Gasteiger partial charge in [-0.05, 0) is 74.5 Å². The normalized spacial score (nSPS) is 11.6. The number of nitrogens with zero attached hydrogens (tertiary/aromatic N) is 4. The van der Waals surface area contributed by atoms with Gasteiger partial charge in [0.25, 0.3) is 0 Å². The Bertz CT molecular complexity index is 3050. The monoisotopic (exact) mass is 1080 g/mol. The van der Waals surface area contributed by atoms with Crippen LogP contribution in [0.4, 0.5) is 0 Å². The number of pyridine rings is 1. The fourth-order valence-corrected chi connectivity index (χ4v) is 13.0. The van der Waals surface area contributed by atoms with Crippen LogP contribution in [0.15, 0.2) is 134 Å². The first-order valence-corrected chi connectivity index (χ1v) is 29.9. The summed E-state index contributed by atoms with van der Waals surface area (Å²) in [5, 5.41) is 11.4. The molecule has 0 bridgehead atoms. The molecule has 6 aromatic carbocycles. The first-order valence-electron chi connectivity index (χ1n) is 21.8. The molecule has 0 unspecified atom stereocenters. The van der Waals surface area contributed by atoms with E-state index in [9.17, 15) is 0 Å². The molecule has 0 N–H and O–H groups in total. The Morgan fingerprint density at radius 2 is 1.43 bits per heavy atom. The number of para-hydroxylation sites is 2. The van der Waals surface area contributed by atoms with E-state index in [1.54, 1.807) is 6.07 Å². The summed E-state index contributed by atoms with van der Waals surface area (Å²) in [7, 11) is 0. The van der Waals surface area contributed by atoms with Gasteiger partial charge in [-0.25, -0.2) is 0 Å². The fourth-order valence-electron chi connectivity index (χ4n) is 8.47. The Balaban J connectivity index is 0.000000221. The summed E-state index contributed by atoms with van der Waals surface area (Å²) < 4.78 is 6.44. The average Bonchev–Trinajstić information content (AvgIpc) is 3.85. The van der Waals surface area contributed by atoms with Gasteiger partial charge in [0, 0.05) is 30.5 Å². The zero-order valence-electron chi connectivity index (χ0n) is 37.7. The van der Waals surface area contributed by atoms with Crippen molar-refractivity contribution < 1.29 is 20.1 Å². The molecule has 0 saturated heterocycles. The predicted molar refractivity (Wildman–Crippen MR) is 267 cm³/mol. The van der Waals surface area contributed by atoms with Crippen molar-refractivity contribution >= 4 is 60.2 Å². The number of nitriles is 1. The molecule has 7 heteroatoms. The number of imidazole rings is 1. The van der Waals surface area contributed by atoms with Gasteiger partial charge in [0.05, 0.1) is 16.9 Å². The van der Waals surface area contributed by atoms with Crippen LogP contribution < -0.4 is 4.40 Å². The van der Waals surface area contributed by atoms with Crippen molar-refractivity contribution in [1.82, 2.24) is 14.5 Å². The van der Waals surface area contributed by atoms with E-state index < -0.39 is 13.3 Å². The fraction of sp³-hybridized carbons (Fsp3) is 0.232. The molecule has 3 aromatic heterocycles. The van der Waals surface area contributed by atoms with E-state index in [1.807, 2.05) is 23.5 Å². The van der Waals surface area contributed by atoms with Crippen molar-refractivity contribution in [3.05, 3.63) is 168 Å². The second kappa shape index (κ2) is 19.3. The van der Waals surface area contributed by atoms with Crippen LogP contribution in [0, 0.1) is 29.4 Å². The quantitative estimate of drug-likeness (QED) is 0.107. The van der Waals surface area contributed by atoms with Crippen molar-refractivity contribution in [2.45, 2.75) is 77.1 Å². The van der Waals surface area contributed by atoms with Crippen molar-refractivity contribution in [2.24, 2.45) is 5.92 Å². The summed E-state index contributed by atoms with van der Waals surface area (Å²) in [4.78, 5) is 9.97. The van der Waals surface area contributed by atoms with Crippen molar-refractivity contribution in [3.63, 3.8) is 0 Å². The van der Waals surface area contributed by atoms with Crippen LogP contribution in [0.25, 0.3) is 70.7 Å². The Morgan fingerprint density at radius 3 is 2.08 bits per heavy atom. The molecule has 0 aliphatic carbocycles. The number of benzene rings is 6. The third-order valence-corrected chi connectivity index (χ3v) is 17.0. The minimum Gasteiger partial charge on any atom is -0.333 e. The molecule has 0 spiro atoms. The van der Waals surface area contributed by atoms with E-state index in [0.717, 1.165) is 40.1 Å². The van der Waals surface area contributed by atoms with Gasteiger partial charge in [-0.2, -0.15) is 11.3 Å². The molecular weight excluding hydrogens is 1030 g/mol. The van der Waals surface area contributed by atoms with Crippen LogP contribution in [0.1, 0.15) is 75.6 Å². The zero-order valence-corrected chi connectivity index (χ0v) is 43.0. The SMILES string of the molecule is CC(C)Cc1cc(-c2[c-]cc(C#N)cc2)nc[c]1[Ge]([CH3])([CH3])[CH3].CC(C)c1cc(-c2ccccc2)cc(C(C)C)c1-n1c(-c2[c-]ccc3c2sc2ccccc23)nc2ccccc21.[Ir]. The van der Waals surface area contributed by atoms with Gasteiger partial charge in [-0.3, -0.25) is 4.98 Å². The largest absolute Gasteiger partial charge is 0.333 e. The second-order valence-electron chi connectivity index (χ2n) is 18.3. The smallest absolute Gasteiger partial charge is 0.0774 e. The van der Waals surface area contributed by atoms with Crippen LogP contribution in [-0.4, -0.2) is 27.8 Å². The van der Waals surface area contributed by atoms with Crippen molar-refractivity contribution in [2.75, 3.05) is 0 Å². The summed E-state index contributed by atoms with van der Waals surface area (Å²) in [6, 6.07) is 53.6. The van der Waals surface area contributed by atoms with Crippen molar-refractivity contribution in [3.8, 4) is 45.5 Å². The summed E-state index contributed by atoms with van der Waals surface area (Å²) >= 11 is -0.0863. The molecule has 319 valence electrons. The number of hydrogen-bond acceptors (Lipinski definition) is 4. The molecule has 0 fully saturated rings. The third kappa shape index (κ3) is 9.54. The van der Waals surface area contributed by atoms with Crippen LogP contribution in [0.2, 0.25) is 17.3 Å². The minimum atomic E-state index is -1.92. The number of fused-ring (bicyclic) bond motifs is 4. The number of rotatable bonds is 9. The van der Waals surface area contributed by atoms with E-state index in [2.05, 4.69) is 202 Å². The zero-order chi connectivity index (χ0) is 43.7.